The van der Waals surface area contributed by atoms with Crippen LogP contribution in [0, 0.1) is 10.1 Å². The average molecular weight is 334 g/mol. The fourth-order valence-corrected chi connectivity index (χ4v) is 1.88. The number of nitrogens with one attached hydrogen (secondary N) is 1. The van der Waals surface area contributed by atoms with Crippen molar-refractivity contribution < 1.29 is 24.0 Å². The lowest BCUT2D eigenvalue weighted by Gasteiger charge is -2.08. The van der Waals surface area contributed by atoms with Crippen LogP contribution in [-0.2, 0) is 20.8 Å². The summed E-state index contributed by atoms with van der Waals surface area (Å²) in [7, 11) is 2.44. The Morgan fingerprint density at radius 2 is 2.04 bits per heavy atom. The Kier molecular flexibility index (Phi) is 5.09. The van der Waals surface area contributed by atoms with E-state index in [-0.39, 0.29) is 23.5 Å². The molecule has 24 heavy (non-hydrogen) atoms. The number of esters is 2. The van der Waals surface area contributed by atoms with Gasteiger partial charge >= 0.3 is 11.9 Å². The van der Waals surface area contributed by atoms with Crippen molar-refractivity contribution in [1.82, 2.24) is 9.78 Å². The van der Waals surface area contributed by atoms with E-state index in [1.54, 1.807) is 12.3 Å². The van der Waals surface area contributed by atoms with Crippen molar-refractivity contribution in [1.29, 1.82) is 0 Å². The van der Waals surface area contributed by atoms with E-state index in [0.717, 1.165) is 6.07 Å². The summed E-state index contributed by atoms with van der Waals surface area (Å²) in [4.78, 5) is 33.3. The first kappa shape index (κ1) is 16.9. The molecule has 1 aromatic heterocycles. The monoisotopic (exact) mass is 334 g/mol. The largest absolute Gasteiger partial charge is 0.468 e. The van der Waals surface area contributed by atoms with Gasteiger partial charge in [0.25, 0.3) is 5.69 Å². The quantitative estimate of drug-likeness (QED) is 0.478. The van der Waals surface area contributed by atoms with Gasteiger partial charge < -0.3 is 14.8 Å². The molecule has 0 amide bonds. The number of aromatic nitrogens is 2. The van der Waals surface area contributed by atoms with Gasteiger partial charge in [-0.25, -0.2) is 4.79 Å². The van der Waals surface area contributed by atoms with E-state index >= 15 is 0 Å². The summed E-state index contributed by atoms with van der Waals surface area (Å²) in [6.07, 6.45) is 1.54. The molecule has 2 rings (SSSR count). The summed E-state index contributed by atoms with van der Waals surface area (Å²) in [5, 5.41) is 17.8. The number of benzene rings is 1. The highest BCUT2D eigenvalue weighted by Crippen LogP contribution is 2.25. The molecular formula is C14H14N4O6. The number of methoxy groups -OCH3 is 2. The molecule has 1 heterocycles. The molecule has 0 radical (unpaired) electrons. The number of carbonyl (C=O) groups is 2. The van der Waals surface area contributed by atoms with Crippen LogP contribution in [0.4, 0.5) is 17.2 Å². The zero-order valence-corrected chi connectivity index (χ0v) is 12.9. The van der Waals surface area contributed by atoms with Gasteiger partial charge in [0.1, 0.15) is 6.54 Å². The maximum Gasteiger partial charge on any atom is 0.340 e. The van der Waals surface area contributed by atoms with Crippen molar-refractivity contribution in [3.63, 3.8) is 0 Å². The Hall–Kier alpha value is -3.43. The molecular weight excluding hydrogens is 320 g/mol. The lowest BCUT2D eigenvalue weighted by Crippen LogP contribution is -2.12. The minimum absolute atomic E-state index is 0.00535. The summed E-state index contributed by atoms with van der Waals surface area (Å²) in [6.45, 7) is -0.0672. The third-order valence-corrected chi connectivity index (χ3v) is 3.04. The predicted octanol–water partition coefficient (Wildman–Crippen LogP) is 1.49. The van der Waals surface area contributed by atoms with Gasteiger partial charge in [-0.3, -0.25) is 19.6 Å². The summed E-state index contributed by atoms with van der Waals surface area (Å²) in [5.74, 6) is -0.844. The molecule has 126 valence electrons. The van der Waals surface area contributed by atoms with Gasteiger partial charge in [-0.1, -0.05) is 0 Å². The second-order valence-corrected chi connectivity index (χ2v) is 4.58. The van der Waals surface area contributed by atoms with E-state index < -0.39 is 16.9 Å². The van der Waals surface area contributed by atoms with E-state index in [9.17, 15) is 19.7 Å². The van der Waals surface area contributed by atoms with E-state index in [2.05, 4.69) is 19.9 Å². The SMILES string of the molecule is COC(=O)Cn1ccc(Nc2ccc([N+](=O)[O-])cc2C(=O)OC)n1. The minimum Gasteiger partial charge on any atom is -0.468 e. The zero-order chi connectivity index (χ0) is 17.7. The molecule has 0 atom stereocenters. The number of non-ortho nitro benzene ring substituents is 1. The van der Waals surface area contributed by atoms with Crippen molar-refractivity contribution in [2.24, 2.45) is 0 Å². The molecule has 0 spiro atoms. The summed E-state index contributed by atoms with van der Waals surface area (Å²) in [5.41, 5.74) is 0.0437. The van der Waals surface area contributed by atoms with E-state index in [1.165, 1.54) is 31.0 Å². The molecule has 0 saturated carbocycles. The Bertz CT molecular complexity index is 785. The lowest BCUT2D eigenvalue weighted by atomic mass is 10.1. The topological polar surface area (TPSA) is 126 Å². The molecule has 10 nitrogen and oxygen atoms in total. The Balaban J connectivity index is 2.27. The molecule has 0 unspecified atom stereocenters. The third-order valence-electron chi connectivity index (χ3n) is 3.04. The summed E-state index contributed by atoms with van der Waals surface area (Å²) >= 11 is 0. The maximum absolute atomic E-state index is 11.8. The Morgan fingerprint density at radius 3 is 2.67 bits per heavy atom. The molecule has 0 aliphatic carbocycles. The summed E-state index contributed by atoms with van der Waals surface area (Å²) < 4.78 is 10.5. The average Bonchev–Trinajstić information content (AvgIpc) is 3.01. The smallest absolute Gasteiger partial charge is 0.340 e. The van der Waals surface area contributed by atoms with Crippen LogP contribution in [0.5, 0.6) is 0 Å². The Morgan fingerprint density at radius 1 is 1.29 bits per heavy atom. The molecule has 2 aromatic rings. The molecule has 1 N–H and O–H groups in total. The molecule has 0 fully saturated rings. The van der Waals surface area contributed by atoms with Crippen molar-refractivity contribution in [2.45, 2.75) is 6.54 Å². The number of ether oxygens (including phenoxy) is 2. The van der Waals surface area contributed by atoms with Crippen LogP contribution in [0.2, 0.25) is 0 Å². The van der Waals surface area contributed by atoms with Gasteiger partial charge in [0.15, 0.2) is 5.82 Å². The van der Waals surface area contributed by atoms with Crippen molar-refractivity contribution in [2.75, 3.05) is 19.5 Å². The highest BCUT2D eigenvalue weighted by molar-refractivity contribution is 5.97. The third kappa shape index (κ3) is 3.85. The Labute approximate surface area is 136 Å². The van der Waals surface area contributed by atoms with E-state index in [0.29, 0.717) is 5.82 Å². The molecule has 10 heteroatoms. The second-order valence-electron chi connectivity index (χ2n) is 4.58. The normalized spacial score (nSPS) is 10.1. The fourth-order valence-electron chi connectivity index (χ4n) is 1.88. The molecule has 0 aliphatic rings. The van der Waals surface area contributed by atoms with Crippen LogP contribution in [0.3, 0.4) is 0 Å². The molecule has 0 saturated heterocycles. The van der Waals surface area contributed by atoms with Crippen LogP contribution in [0.15, 0.2) is 30.5 Å². The highest BCUT2D eigenvalue weighted by Gasteiger charge is 2.18. The maximum atomic E-state index is 11.8. The number of nitrogens with zero attached hydrogens (tertiary/aromatic N) is 3. The van der Waals surface area contributed by atoms with Crippen LogP contribution in [0.25, 0.3) is 0 Å². The molecule has 0 bridgehead atoms. The molecule has 0 aliphatic heterocycles. The van der Waals surface area contributed by atoms with Crippen molar-refractivity contribution in [3.8, 4) is 0 Å². The van der Waals surface area contributed by atoms with E-state index in [4.69, 9.17) is 0 Å². The van der Waals surface area contributed by atoms with Crippen LogP contribution >= 0.6 is 0 Å². The standard InChI is InChI=1S/C14H14N4O6/c1-23-13(19)8-17-6-5-12(16-17)15-11-4-3-9(18(21)22)7-10(11)14(20)24-2/h3-7H,8H2,1-2H3,(H,15,16). The number of anilines is 2. The highest BCUT2D eigenvalue weighted by atomic mass is 16.6. The number of nitro groups is 1. The van der Waals surface area contributed by atoms with Gasteiger partial charge in [0.05, 0.1) is 30.4 Å². The first-order chi connectivity index (χ1) is 11.4. The summed E-state index contributed by atoms with van der Waals surface area (Å²) in [6, 6.07) is 5.31. The number of hydrogen-bond acceptors (Lipinski definition) is 8. The van der Waals surface area contributed by atoms with Crippen molar-refractivity contribution in [3.05, 3.63) is 46.1 Å². The van der Waals surface area contributed by atoms with Crippen LogP contribution < -0.4 is 5.32 Å². The van der Waals surface area contributed by atoms with Crippen LogP contribution in [0.1, 0.15) is 10.4 Å². The predicted molar refractivity (Wildman–Crippen MR) is 82.0 cm³/mol. The fraction of sp³-hybridized carbons (Fsp3) is 0.214. The second kappa shape index (κ2) is 7.22. The zero-order valence-electron chi connectivity index (χ0n) is 12.9. The minimum atomic E-state index is -0.727. The first-order valence-corrected chi connectivity index (χ1v) is 6.68. The van der Waals surface area contributed by atoms with E-state index in [1.807, 2.05) is 0 Å². The van der Waals surface area contributed by atoms with Crippen molar-refractivity contribution >= 4 is 29.1 Å². The van der Waals surface area contributed by atoms with Gasteiger partial charge in [0.2, 0.25) is 0 Å². The lowest BCUT2D eigenvalue weighted by molar-refractivity contribution is -0.384. The number of nitro benzene ring substituents is 1. The van der Waals surface area contributed by atoms with Gasteiger partial charge in [-0.2, -0.15) is 5.10 Å². The first-order valence-electron chi connectivity index (χ1n) is 6.68. The van der Waals surface area contributed by atoms with Gasteiger partial charge in [0, 0.05) is 24.4 Å². The van der Waals surface area contributed by atoms with Crippen LogP contribution in [-0.4, -0.2) is 40.9 Å². The van der Waals surface area contributed by atoms with Gasteiger partial charge in [-0.15, -0.1) is 0 Å². The number of hydrogen-bond donors (Lipinski definition) is 1. The number of rotatable bonds is 6. The molecule has 1 aromatic carbocycles. The number of carbonyl (C=O) groups excluding carboxylic acids is 2. The van der Waals surface area contributed by atoms with Gasteiger partial charge in [-0.05, 0) is 6.07 Å².